The van der Waals surface area contributed by atoms with Gasteiger partial charge in [0.2, 0.25) is 0 Å². The van der Waals surface area contributed by atoms with Crippen molar-refractivity contribution in [2.24, 2.45) is 7.05 Å². The first-order valence-corrected chi connectivity index (χ1v) is 5.33. The molecule has 0 radical (unpaired) electrons. The second-order valence-corrected chi connectivity index (χ2v) is 3.82. The molecule has 4 heteroatoms. The molecule has 0 amide bonds. The molecule has 1 heterocycles. The van der Waals surface area contributed by atoms with Gasteiger partial charge in [-0.2, -0.15) is 0 Å². The summed E-state index contributed by atoms with van der Waals surface area (Å²) in [7, 11) is 1.71. The molecule has 2 aromatic rings. The van der Waals surface area contributed by atoms with Crippen LogP contribution in [0.1, 0.15) is 5.56 Å². The molecule has 0 fully saturated rings. The third-order valence-electron chi connectivity index (χ3n) is 2.51. The van der Waals surface area contributed by atoms with Crippen LogP contribution < -0.4 is 10.9 Å². The molecule has 0 unspecified atom stereocenters. The molecular weight excluding hydrogens is 216 g/mol. The van der Waals surface area contributed by atoms with Crippen molar-refractivity contribution in [1.82, 2.24) is 4.57 Å². The van der Waals surface area contributed by atoms with Crippen molar-refractivity contribution >= 4 is 11.4 Å². The summed E-state index contributed by atoms with van der Waals surface area (Å²) < 4.78 is 1.51. The number of aryl methyl sites for hydroxylation is 1. The number of aromatic nitrogens is 1. The predicted molar refractivity (Wildman–Crippen MR) is 67.3 cm³/mol. The number of nitrogens with zero attached hydrogens (tertiary/aromatic N) is 1. The Labute approximate surface area is 99.2 Å². The highest BCUT2D eigenvalue weighted by Gasteiger charge is 2.01. The van der Waals surface area contributed by atoms with Crippen molar-refractivity contribution in [1.29, 1.82) is 0 Å². The van der Waals surface area contributed by atoms with Crippen LogP contribution >= 0.6 is 0 Å². The van der Waals surface area contributed by atoms with Crippen LogP contribution in [-0.2, 0) is 13.7 Å². The topological polar surface area (TPSA) is 54.3 Å². The molecule has 2 N–H and O–H groups in total. The lowest BCUT2D eigenvalue weighted by molar-refractivity contribution is 0.282. The van der Waals surface area contributed by atoms with E-state index in [2.05, 4.69) is 5.32 Å². The lowest BCUT2D eigenvalue weighted by Crippen LogP contribution is -2.18. The van der Waals surface area contributed by atoms with E-state index in [0.29, 0.717) is 5.69 Å². The summed E-state index contributed by atoms with van der Waals surface area (Å²) in [5.74, 6) is 0. The van der Waals surface area contributed by atoms with Crippen molar-refractivity contribution in [3.05, 3.63) is 58.5 Å². The van der Waals surface area contributed by atoms with Crippen LogP contribution in [0.5, 0.6) is 0 Å². The highest BCUT2D eigenvalue weighted by atomic mass is 16.3. The van der Waals surface area contributed by atoms with E-state index in [1.807, 2.05) is 24.3 Å². The fourth-order valence-electron chi connectivity index (χ4n) is 1.60. The monoisotopic (exact) mass is 230 g/mol. The number of hydrogen-bond donors (Lipinski definition) is 2. The lowest BCUT2D eigenvalue weighted by Gasteiger charge is -2.08. The quantitative estimate of drug-likeness (QED) is 0.842. The van der Waals surface area contributed by atoms with Gasteiger partial charge in [-0.15, -0.1) is 0 Å². The van der Waals surface area contributed by atoms with Crippen LogP contribution in [0.15, 0.2) is 47.4 Å². The van der Waals surface area contributed by atoms with Crippen molar-refractivity contribution in [3.8, 4) is 0 Å². The smallest absolute Gasteiger partial charge is 0.273 e. The summed E-state index contributed by atoms with van der Waals surface area (Å²) in [5, 5.41) is 12.1. The second kappa shape index (κ2) is 4.84. The van der Waals surface area contributed by atoms with Gasteiger partial charge in [-0.3, -0.25) is 4.79 Å². The normalized spacial score (nSPS) is 10.2. The van der Waals surface area contributed by atoms with E-state index in [-0.39, 0.29) is 12.2 Å². The molecule has 0 saturated carbocycles. The first kappa shape index (κ1) is 11.4. The largest absolute Gasteiger partial charge is 0.392 e. The van der Waals surface area contributed by atoms with E-state index < -0.39 is 0 Å². The summed E-state index contributed by atoms with van der Waals surface area (Å²) in [6.45, 7) is -0.0116. The molecule has 88 valence electrons. The maximum absolute atomic E-state index is 11.8. The molecule has 0 spiro atoms. The standard InChI is InChI=1S/C13H14N2O2/c1-15-7-3-6-12(13(15)17)14-11-5-2-4-10(8-11)9-16/h2-8,14,16H,9H2,1H3. The zero-order valence-electron chi connectivity index (χ0n) is 9.55. The molecular formula is C13H14N2O2. The van der Waals surface area contributed by atoms with Crippen molar-refractivity contribution < 1.29 is 5.11 Å². The molecule has 1 aromatic carbocycles. The number of aliphatic hydroxyl groups is 1. The van der Waals surface area contributed by atoms with Gasteiger partial charge in [0.05, 0.1) is 6.61 Å². The number of benzene rings is 1. The Bertz CT molecular complexity index is 576. The minimum absolute atomic E-state index is 0.0116. The van der Waals surface area contributed by atoms with Gasteiger partial charge in [0.15, 0.2) is 0 Å². The Morgan fingerprint density at radius 3 is 2.88 bits per heavy atom. The molecule has 1 aromatic heterocycles. The molecule has 0 aliphatic carbocycles. The van der Waals surface area contributed by atoms with Gasteiger partial charge in [0.1, 0.15) is 5.69 Å². The van der Waals surface area contributed by atoms with Gasteiger partial charge >= 0.3 is 0 Å². The second-order valence-electron chi connectivity index (χ2n) is 3.82. The molecule has 2 rings (SSSR count). The molecule has 0 atom stereocenters. The van der Waals surface area contributed by atoms with Gasteiger partial charge in [-0.25, -0.2) is 0 Å². The minimum Gasteiger partial charge on any atom is -0.392 e. The highest BCUT2D eigenvalue weighted by Crippen LogP contribution is 2.14. The highest BCUT2D eigenvalue weighted by molar-refractivity contribution is 5.59. The predicted octanol–water partition coefficient (Wildman–Crippen LogP) is 1.62. The zero-order valence-corrected chi connectivity index (χ0v) is 9.55. The Morgan fingerprint density at radius 2 is 2.12 bits per heavy atom. The summed E-state index contributed by atoms with van der Waals surface area (Å²) in [4.78, 5) is 11.8. The molecule has 0 aliphatic heterocycles. The number of rotatable bonds is 3. The Kier molecular flexibility index (Phi) is 3.25. The fraction of sp³-hybridized carbons (Fsp3) is 0.154. The van der Waals surface area contributed by atoms with Crippen LogP contribution in [0.3, 0.4) is 0 Å². The van der Waals surface area contributed by atoms with Gasteiger partial charge in [0, 0.05) is 18.9 Å². The lowest BCUT2D eigenvalue weighted by atomic mass is 10.2. The maximum Gasteiger partial charge on any atom is 0.273 e. The van der Waals surface area contributed by atoms with Gasteiger partial charge in [-0.1, -0.05) is 12.1 Å². The van der Waals surface area contributed by atoms with Crippen LogP contribution in [-0.4, -0.2) is 9.67 Å². The SMILES string of the molecule is Cn1cccc(Nc2cccc(CO)c2)c1=O. The fourth-order valence-corrected chi connectivity index (χ4v) is 1.60. The zero-order chi connectivity index (χ0) is 12.3. The number of aliphatic hydroxyl groups excluding tert-OH is 1. The van der Waals surface area contributed by atoms with Crippen LogP contribution in [0.2, 0.25) is 0 Å². The Hall–Kier alpha value is -2.07. The summed E-state index contributed by atoms with van der Waals surface area (Å²) in [6.07, 6.45) is 1.71. The summed E-state index contributed by atoms with van der Waals surface area (Å²) >= 11 is 0. The average molecular weight is 230 g/mol. The van der Waals surface area contributed by atoms with Crippen LogP contribution in [0.25, 0.3) is 0 Å². The van der Waals surface area contributed by atoms with E-state index in [1.165, 1.54) is 4.57 Å². The number of anilines is 2. The first-order chi connectivity index (χ1) is 8.20. The minimum atomic E-state index is -0.0816. The number of pyridine rings is 1. The molecule has 4 nitrogen and oxygen atoms in total. The molecule has 0 aliphatic rings. The Morgan fingerprint density at radius 1 is 1.29 bits per heavy atom. The maximum atomic E-state index is 11.8. The van der Waals surface area contributed by atoms with Crippen LogP contribution in [0.4, 0.5) is 11.4 Å². The molecule has 0 saturated heterocycles. The third kappa shape index (κ3) is 2.54. The molecule has 17 heavy (non-hydrogen) atoms. The van der Waals surface area contributed by atoms with Gasteiger partial charge in [0.25, 0.3) is 5.56 Å². The molecule has 0 bridgehead atoms. The average Bonchev–Trinajstić information content (AvgIpc) is 2.35. The van der Waals surface area contributed by atoms with Crippen LogP contribution in [0, 0.1) is 0 Å². The van der Waals surface area contributed by atoms with E-state index in [9.17, 15) is 4.79 Å². The third-order valence-corrected chi connectivity index (χ3v) is 2.51. The van der Waals surface area contributed by atoms with E-state index >= 15 is 0 Å². The Balaban J connectivity index is 2.31. The summed E-state index contributed by atoms with van der Waals surface area (Å²) in [5.41, 5.74) is 2.04. The van der Waals surface area contributed by atoms with Crippen molar-refractivity contribution in [2.75, 3.05) is 5.32 Å². The van der Waals surface area contributed by atoms with Crippen molar-refractivity contribution in [3.63, 3.8) is 0 Å². The number of nitrogens with one attached hydrogen (secondary N) is 1. The number of hydrogen-bond acceptors (Lipinski definition) is 3. The van der Waals surface area contributed by atoms with Gasteiger partial charge < -0.3 is 15.0 Å². The summed E-state index contributed by atoms with van der Waals surface area (Å²) in [6, 6.07) is 10.9. The first-order valence-electron chi connectivity index (χ1n) is 5.33. The van der Waals surface area contributed by atoms with Crippen molar-refractivity contribution in [2.45, 2.75) is 6.61 Å². The van der Waals surface area contributed by atoms with E-state index in [4.69, 9.17) is 5.11 Å². The van der Waals surface area contributed by atoms with Gasteiger partial charge in [-0.05, 0) is 29.8 Å². The van der Waals surface area contributed by atoms with E-state index in [0.717, 1.165) is 11.3 Å². The van der Waals surface area contributed by atoms with E-state index in [1.54, 1.807) is 25.4 Å².